The Labute approximate surface area is 159 Å². The molecular weight excluding hydrogens is 355 g/mol. The molecule has 2 rings (SSSR count). The van der Waals surface area contributed by atoms with E-state index in [1.165, 1.54) is 17.4 Å². The predicted molar refractivity (Wildman–Crippen MR) is 103 cm³/mol. The highest BCUT2D eigenvalue weighted by molar-refractivity contribution is 5.80. The van der Waals surface area contributed by atoms with Gasteiger partial charge < -0.3 is 15.1 Å². The van der Waals surface area contributed by atoms with E-state index in [4.69, 9.17) is 0 Å². The summed E-state index contributed by atoms with van der Waals surface area (Å²) in [5, 5.41) is 3.33. The summed E-state index contributed by atoms with van der Waals surface area (Å²) in [6.07, 6.45) is -4.18. The second-order valence-electron chi connectivity index (χ2n) is 7.20. The Morgan fingerprint density at radius 1 is 1.19 bits per heavy atom. The SMILES string of the molecule is CN=C(NCc1cccc(CN(C)C)c1)N1CCN(C(C)C(F)(F)F)CC1. The van der Waals surface area contributed by atoms with Gasteiger partial charge in [0.15, 0.2) is 5.96 Å². The molecule has 0 spiro atoms. The van der Waals surface area contributed by atoms with E-state index < -0.39 is 12.2 Å². The first kappa shape index (κ1) is 21.5. The lowest BCUT2D eigenvalue weighted by molar-refractivity contribution is -0.181. The zero-order chi connectivity index (χ0) is 20.0. The third-order valence-electron chi connectivity index (χ3n) is 4.79. The molecule has 1 heterocycles. The first-order valence-corrected chi connectivity index (χ1v) is 9.19. The van der Waals surface area contributed by atoms with Crippen LogP contribution in [0.15, 0.2) is 29.3 Å². The molecule has 1 aliphatic heterocycles. The van der Waals surface area contributed by atoms with E-state index in [9.17, 15) is 13.2 Å². The number of rotatable bonds is 5. The van der Waals surface area contributed by atoms with Crippen molar-refractivity contribution in [3.63, 3.8) is 0 Å². The molecule has 0 bridgehead atoms. The van der Waals surface area contributed by atoms with Crippen LogP contribution in [0, 0.1) is 0 Å². The average molecular weight is 385 g/mol. The summed E-state index contributed by atoms with van der Waals surface area (Å²) in [6, 6.07) is 6.94. The largest absolute Gasteiger partial charge is 0.403 e. The topological polar surface area (TPSA) is 34.1 Å². The van der Waals surface area contributed by atoms with Crippen LogP contribution in [0.4, 0.5) is 13.2 Å². The standard InChI is InChI=1S/C19H30F3N5/c1-15(19(20,21)22)26-8-10-27(11-9-26)18(23-2)24-13-16-6-5-7-17(12-16)14-25(3)4/h5-7,12,15H,8-11,13-14H2,1-4H3,(H,23,24). The van der Waals surface area contributed by atoms with Gasteiger partial charge in [0.05, 0.1) is 0 Å². The molecule has 1 fully saturated rings. The molecule has 0 aromatic heterocycles. The zero-order valence-electron chi connectivity index (χ0n) is 16.6. The molecule has 0 amide bonds. The van der Waals surface area contributed by atoms with Gasteiger partial charge in [0.2, 0.25) is 0 Å². The van der Waals surface area contributed by atoms with E-state index in [0.717, 1.165) is 18.1 Å². The van der Waals surface area contributed by atoms with Crippen molar-refractivity contribution in [3.8, 4) is 0 Å². The van der Waals surface area contributed by atoms with Crippen LogP contribution in [0.3, 0.4) is 0 Å². The third kappa shape index (κ3) is 6.39. The summed E-state index contributed by atoms with van der Waals surface area (Å²) in [5.41, 5.74) is 2.39. The predicted octanol–water partition coefficient (Wildman–Crippen LogP) is 2.39. The van der Waals surface area contributed by atoms with Gasteiger partial charge in [0.1, 0.15) is 6.04 Å². The fraction of sp³-hybridized carbons (Fsp3) is 0.632. The Bertz CT molecular complexity index is 622. The highest BCUT2D eigenvalue weighted by Gasteiger charge is 2.41. The molecule has 1 aliphatic rings. The number of aliphatic imine (C=N–C) groups is 1. The second-order valence-corrected chi connectivity index (χ2v) is 7.20. The number of benzene rings is 1. The zero-order valence-corrected chi connectivity index (χ0v) is 16.6. The Morgan fingerprint density at radius 3 is 2.37 bits per heavy atom. The van der Waals surface area contributed by atoms with Crippen molar-refractivity contribution >= 4 is 5.96 Å². The van der Waals surface area contributed by atoms with Gasteiger partial charge in [0, 0.05) is 46.3 Å². The van der Waals surface area contributed by atoms with Crippen LogP contribution in [0.2, 0.25) is 0 Å². The van der Waals surface area contributed by atoms with E-state index in [2.05, 4.69) is 33.4 Å². The minimum atomic E-state index is -4.18. The highest BCUT2D eigenvalue weighted by Crippen LogP contribution is 2.25. The lowest BCUT2D eigenvalue weighted by Crippen LogP contribution is -2.56. The van der Waals surface area contributed by atoms with E-state index in [1.54, 1.807) is 7.05 Å². The van der Waals surface area contributed by atoms with Gasteiger partial charge in [-0.2, -0.15) is 13.2 Å². The van der Waals surface area contributed by atoms with Gasteiger partial charge in [0.25, 0.3) is 0 Å². The van der Waals surface area contributed by atoms with Crippen molar-refractivity contribution in [2.45, 2.75) is 32.2 Å². The lowest BCUT2D eigenvalue weighted by atomic mass is 10.1. The van der Waals surface area contributed by atoms with Gasteiger partial charge in [-0.05, 0) is 32.1 Å². The molecule has 5 nitrogen and oxygen atoms in total. The molecule has 0 radical (unpaired) electrons. The highest BCUT2D eigenvalue weighted by atomic mass is 19.4. The maximum Gasteiger partial charge on any atom is 0.403 e. The number of alkyl halides is 3. The Morgan fingerprint density at radius 2 is 1.81 bits per heavy atom. The van der Waals surface area contributed by atoms with Crippen LogP contribution in [0.5, 0.6) is 0 Å². The fourth-order valence-corrected chi connectivity index (χ4v) is 3.24. The monoisotopic (exact) mass is 385 g/mol. The van der Waals surface area contributed by atoms with Crippen LogP contribution in [-0.4, -0.2) is 80.2 Å². The first-order valence-electron chi connectivity index (χ1n) is 9.19. The maximum absolute atomic E-state index is 12.9. The van der Waals surface area contributed by atoms with Gasteiger partial charge in [-0.1, -0.05) is 24.3 Å². The van der Waals surface area contributed by atoms with Crippen molar-refractivity contribution in [3.05, 3.63) is 35.4 Å². The molecule has 152 valence electrons. The van der Waals surface area contributed by atoms with Crippen molar-refractivity contribution in [1.29, 1.82) is 0 Å². The van der Waals surface area contributed by atoms with Crippen LogP contribution < -0.4 is 5.32 Å². The second kappa shape index (κ2) is 9.41. The Balaban J connectivity index is 1.88. The van der Waals surface area contributed by atoms with E-state index >= 15 is 0 Å². The van der Waals surface area contributed by atoms with Crippen molar-refractivity contribution < 1.29 is 13.2 Å². The molecule has 1 unspecified atom stereocenters. The van der Waals surface area contributed by atoms with Gasteiger partial charge in [-0.25, -0.2) is 0 Å². The summed E-state index contributed by atoms with van der Waals surface area (Å²) in [5.74, 6) is 0.729. The number of hydrogen-bond acceptors (Lipinski definition) is 3. The van der Waals surface area contributed by atoms with E-state index in [1.807, 2.05) is 25.1 Å². The normalized spacial score (nSPS) is 18.1. The summed E-state index contributed by atoms with van der Waals surface area (Å²) in [4.78, 5) is 9.91. The minimum absolute atomic E-state index is 0.375. The van der Waals surface area contributed by atoms with Crippen LogP contribution >= 0.6 is 0 Å². The van der Waals surface area contributed by atoms with E-state index in [-0.39, 0.29) is 0 Å². The van der Waals surface area contributed by atoms with E-state index in [0.29, 0.717) is 32.7 Å². The number of nitrogens with one attached hydrogen (secondary N) is 1. The molecule has 0 saturated carbocycles. The van der Waals surface area contributed by atoms with Crippen molar-refractivity contribution in [2.24, 2.45) is 4.99 Å². The number of halogens is 3. The summed E-state index contributed by atoms with van der Waals surface area (Å²) in [7, 11) is 5.77. The molecular formula is C19H30F3N5. The summed E-state index contributed by atoms with van der Waals surface area (Å²) < 4.78 is 38.6. The number of nitrogens with zero attached hydrogens (tertiary/aromatic N) is 4. The minimum Gasteiger partial charge on any atom is -0.352 e. The van der Waals surface area contributed by atoms with Crippen LogP contribution in [0.25, 0.3) is 0 Å². The maximum atomic E-state index is 12.9. The lowest BCUT2D eigenvalue weighted by Gasteiger charge is -2.39. The fourth-order valence-electron chi connectivity index (χ4n) is 3.24. The Hall–Kier alpha value is -1.80. The first-order chi connectivity index (χ1) is 12.7. The molecule has 0 aliphatic carbocycles. The molecule has 27 heavy (non-hydrogen) atoms. The molecule has 1 N–H and O–H groups in total. The van der Waals surface area contributed by atoms with Crippen LogP contribution in [0.1, 0.15) is 18.1 Å². The third-order valence-corrected chi connectivity index (χ3v) is 4.79. The van der Waals surface area contributed by atoms with Crippen LogP contribution in [-0.2, 0) is 13.1 Å². The number of hydrogen-bond donors (Lipinski definition) is 1. The van der Waals surface area contributed by atoms with Gasteiger partial charge >= 0.3 is 6.18 Å². The van der Waals surface area contributed by atoms with Gasteiger partial charge in [-0.3, -0.25) is 9.89 Å². The van der Waals surface area contributed by atoms with Crippen molar-refractivity contribution in [2.75, 3.05) is 47.3 Å². The molecule has 8 heteroatoms. The van der Waals surface area contributed by atoms with Gasteiger partial charge in [-0.15, -0.1) is 0 Å². The molecule has 1 atom stereocenters. The Kier molecular flexibility index (Phi) is 7.49. The number of guanidine groups is 1. The smallest absolute Gasteiger partial charge is 0.352 e. The number of piperazine rings is 1. The summed E-state index contributed by atoms with van der Waals surface area (Å²) in [6.45, 7) is 4.54. The molecule has 1 aromatic carbocycles. The summed E-state index contributed by atoms with van der Waals surface area (Å²) >= 11 is 0. The van der Waals surface area contributed by atoms with Crippen molar-refractivity contribution in [1.82, 2.24) is 20.0 Å². The quantitative estimate of drug-likeness (QED) is 0.624. The molecule has 1 aromatic rings. The average Bonchev–Trinajstić information content (AvgIpc) is 2.61. The molecule has 1 saturated heterocycles.